The van der Waals surface area contributed by atoms with E-state index in [0.29, 0.717) is 5.75 Å². The molecule has 17 heavy (non-hydrogen) atoms. The van der Waals surface area contributed by atoms with Gasteiger partial charge in [-0.1, -0.05) is 12.1 Å². The number of nitrogens with one attached hydrogen (secondary N) is 1. The van der Waals surface area contributed by atoms with E-state index in [2.05, 4.69) is 38.2 Å². The van der Waals surface area contributed by atoms with Gasteiger partial charge in [-0.25, -0.2) is 0 Å². The molecule has 1 unspecified atom stereocenters. The second kappa shape index (κ2) is 4.70. The van der Waals surface area contributed by atoms with Crippen molar-refractivity contribution in [2.45, 2.75) is 32.2 Å². The van der Waals surface area contributed by atoms with Crippen LogP contribution >= 0.6 is 11.8 Å². The molecule has 92 valence electrons. The van der Waals surface area contributed by atoms with E-state index < -0.39 is 12.0 Å². The van der Waals surface area contributed by atoms with Crippen molar-refractivity contribution >= 4 is 17.7 Å². The Morgan fingerprint density at radius 2 is 1.94 bits per heavy atom. The Hall–Kier alpha value is -1.00. The van der Waals surface area contributed by atoms with Crippen molar-refractivity contribution in [1.29, 1.82) is 0 Å². The lowest BCUT2D eigenvalue weighted by molar-refractivity contribution is -0.138. The van der Waals surface area contributed by atoms with Crippen LogP contribution < -0.4 is 5.32 Å². The summed E-state index contributed by atoms with van der Waals surface area (Å²) in [5.74, 6) is -0.131. The van der Waals surface area contributed by atoms with Gasteiger partial charge in [0.25, 0.3) is 0 Å². The van der Waals surface area contributed by atoms with E-state index in [1.165, 1.54) is 22.3 Å². The fourth-order valence-electron chi connectivity index (χ4n) is 2.06. The highest BCUT2D eigenvalue weighted by Gasteiger charge is 2.31. The predicted octanol–water partition coefficient (Wildman–Crippen LogP) is 2.40. The van der Waals surface area contributed by atoms with Gasteiger partial charge >= 0.3 is 5.97 Å². The predicted molar refractivity (Wildman–Crippen MR) is 70.4 cm³/mol. The van der Waals surface area contributed by atoms with E-state index in [1.54, 1.807) is 11.8 Å². The molecule has 0 amide bonds. The molecular weight excluding hydrogens is 234 g/mol. The van der Waals surface area contributed by atoms with Gasteiger partial charge in [0.1, 0.15) is 6.04 Å². The Labute approximate surface area is 106 Å². The molecule has 1 fully saturated rings. The molecule has 1 aliphatic heterocycles. The molecule has 0 aromatic heterocycles. The third-order valence-corrected chi connectivity index (χ3v) is 4.49. The van der Waals surface area contributed by atoms with E-state index >= 15 is 0 Å². The van der Waals surface area contributed by atoms with Crippen LogP contribution in [0.1, 0.15) is 27.6 Å². The zero-order valence-corrected chi connectivity index (χ0v) is 11.1. The van der Waals surface area contributed by atoms with Crippen LogP contribution in [0.4, 0.5) is 0 Å². The number of carbonyl (C=O) groups is 1. The fourth-order valence-corrected chi connectivity index (χ4v) is 3.38. The highest BCUT2D eigenvalue weighted by Crippen LogP contribution is 2.35. The third kappa shape index (κ3) is 2.48. The lowest BCUT2D eigenvalue weighted by Crippen LogP contribution is -2.33. The Kier molecular flexibility index (Phi) is 3.45. The number of carboxylic acid groups (broad SMARTS) is 1. The van der Waals surface area contributed by atoms with Crippen LogP contribution in [0, 0.1) is 20.8 Å². The molecule has 3 nitrogen and oxygen atoms in total. The van der Waals surface area contributed by atoms with Crippen LogP contribution in [-0.2, 0) is 4.79 Å². The van der Waals surface area contributed by atoms with Crippen LogP contribution in [0.25, 0.3) is 0 Å². The van der Waals surface area contributed by atoms with Crippen LogP contribution in [-0.4, -0.2) is 22.9 Å². The number of aliphatic carboxylic acids is 1. The Morgan fingerprint density at radius 3 is 2.53 bits per heavy atom. The van der Waals surface area contributed by atoms with Gasteiger partial charge in [0, 0.05) is 5.75 Å². The molecule has 0 radical (unpaired) electrons. The number of benzene rings is 1. The van der Waals surface area contributed by atoms with Crippen molar-refractivity contribution < 1.29 is 9.90 Å². The summed E-state index contributed by atoms with van der Waals surface area (Å²) < 4.78 is 0. The molecule has 4 heteroatoms. The van der Waals surface area contributed by atoms with Gasteiger partial charge in [0.15, 0.2) is 0 Å². The summed E-state index contributed by atoms with van der Waals surface area (Å²) in [7, 11) is 0. The summed E-state index contributed by atoms with van der Waals surface area (Å²) in [6, 6.07) is 3.91. The quantitative estimate of drug-likeness (QED) is 0.847. The van der Waals surface area contributed by atoms with Crippen LogP contribution in [0.3, 0.4) is 0 Å². The SMILES string of the molecule is Cc1cc(C)c(C2N[C@@H](C(=O)O)CS2)cc1C. The van der Waals surface area contributed by atoms with Gasteiger partial charge in [0.05, 0.1) is 5.37 Å². The Morgan fingerprint density at radius 1 is 1.29 bits per heavy atom. The molecule has 1 saturated heterocycles. The van der Waals surface area contributed by atoms with Crippen LogP contribution in [0.5, 0.6) is 0 Å². The second-order valence-corrected chi connectivity index (χ2v) is 5.70. The first kappa shape index (κ1) is 12.5. The number of hydrogen-bond acceptors (Lipinski definition) is 3. The highest BCUT2D eigenvalue weighted by molar-refractivity contribution is 7.99. The van der Waals surface area contributed by atoms with Crippen molar-refractivity contribution in [2.24, 2.45) is 0 Å². The minimum Gasteiger partial charge on any atom is -0.480 e. The first-order valence-electron chi connectivity index (χ1n) is 5.67. The van der Waals surface area contributed by atoms with Gasteiger partial charge in [0.2, 0.25) is 0 Å². The molecule has 2 rings (SSSR count). The van der Waals surface area contributed by atoms with Gasteiger partial charge in [-0.2, -0.15) is 0 Å². The first-order chi connectivity index (χ1) is 7.99. The van der Waals surface area contributed by atoms with Gasteiger partial charge in [-0.05, 0) is 43.0 Å². The largest absolute Gasteiger partial charge is 0.480 e. The molecule has 1 heterocycles. The fraction of sp³-hybridized carbons (Fsp3) is 0.462. The summed E-state index contributed by atoms with van der Waals surface area (Å²) in [5.41, 5.74) is 4.97. The van der Waals surface area contributed by atoms with Crippen LogP contribution in [0.2, 0.25) is 0 Å². The normalized spacial score (nSPS) is 23.9. The van der Waals surface area contributed by atoms with Gasteiger partial charge in [-0.15, -0.1) is 11.8 Å². The molecular formula is C13H17NO2S. The first-order valence-corrected chi connectivity index (χ1v) is 6.72. The molecule has 0 bridgehead atoms. The van der Waals surface area contributed by atoms with E-state index in [4.69, 9.17) is 5.11 Å². The molecule has 0 saturated carbocycles. The molecule has 1 aromatic carbocycles. The summed E-state index contributed by atoms with van der Waals surface area (Å²) in [6.07, 6.45) is 0. The van der Waals surface area contributed by atoms with Crippen molar-refractivity contribution in [3.63, 3.8) is 0 Å². The van der Waals surface area contributed by atoms with Crippen molar-refractivity contribution in [3.8, 4) is 0 Å². The number of aryl methyl sites for hydroxylation is 3. The number of rotatable bonds is 2. The van der Waals surface area contributed by atoms with E-state index in [-0.39, 0.29) is 5.37 Å². The average molecular weight is 251 g/mol. The second-order valence-electron chi connectivity index (χ2n) is 4.56. The Balaban J connectivity index is 2.24. The van der Waals surface area contributed by atoms with Crippen LogP contribution in [0.15, 0.2) is 12.1 Å². The Bertz CT molecular complexity index is 459. The zero-order chi connectivity index (χ0) is 12.6. The topological polar surface area (TPSA) is 49.3 Å². The molecule has 2 N–H and O–H groups in total. The molecule has 1 aromatic rings. The summed E-state index contributed by atoms with van der Waals surface area (Å²) in [4.78, 5) is 10.9. The lowest BCUT2D eigenvalue weighted by atomic mass is 10.0. The minimum absolute atomic E-state index is 0.107. The maximum absolute atomic E-state index is 10.9. The minimum atomic E-state index is -0.763. The molecule has 0 spiro atoms. The highest BCUT2D eigenvalue weighted by atomic mass is 32.2. The summed E-state index contributed by atoms with van der Waals surface area (Å²) >= 11 is 1.67. The van der Waals surface area contributed by atoms with E-state index in [1.807, 2.05) is 0 Å². The van der Waals surface area contributed by atoms with Gasteiger partial charge in [-0.3, -0.25) is 10.1 Å². The molecule has 2 atom stereocenters. The average Bonchev–Trinajstić information content (AvgIpc) is 2.72. The number of carboxylic acids is 1. The van der Waals surface area contributed by atoms with Gasteiger partial charge < -0.3 is 5.11 Å². The molecule has 1 aliphatic rings. The monoisotopic (exact) mass is 251 g/mol. The summed E-state index contributed by atoms with van der Waals surface area (Å²) in [5, 5.41) is 12.2. The van der Waals surface area contributed by atoms with E-state index in [0.717, 1.165) is 0 Å². The van der Waals surface area contributed by atoms with E-state index in [9.17, 15) is 4.79 Å². The number of thioether (sulfide) groups is 1. The van der Waals surface area contributed by atoms with Crippen molar-refractivity contribution in [1.82, 2.24) is 5.32 Å². The standard InChI is InChI=1S/C13H17NO2S/c1-7-4-9(3)10(5-8(7)2)12-14-11(6-17-12)13(15)16/h4-5,11-12,14H,6H2,1-3H3,(H,15,16)/t11-,12?/m1/s1. The number of hydrogen-bond donors (Lipinski definition) is 2. The molecule has 0 aliphatic carbocycles. The summed E-state index contributed by atoms with van der Waals surface area (Å²) in [6.45, 7) is 6.27. The lowest BCUT2D eigenvalue weighted by Gasteiger charge is -2.16. The zero-order valence-electron chi connectivity index (χ0n) is 10.3. The third-order valence-electron chi connectivity index (χ3n) is 3.25. The smallest absolute Gasteiger partial charge is 0.321 e. The maximum Gasteiger partial charge on any atom is 0.321 e. The van der Waals surface area contributed by atoms with Crippen molar-refractivity contribution in [2.75, 3.05) is 5.75 Å². The van der Waals surface area contributed by atoms with Crippen molar-refractivity contribution in [3.05, 3.63) is 34.4 Å². The maximum atomic E-state index is 10.9.